The molecule has 5 heteroatoms. The first kappa shape index (κ1) is 12.4. The normalized spacial score (nSPS) is 10.5. The number of nitrogen functional groups attached to an aromatic ring is 1. The van der Waals surface area contributed by atoms with Crippen LogP contribution in [0.25, 0.3) is 22.0 Å². The molecule has 0 atom stereocenters. The Morgan fingerprint density at radius 1 is 1.00 bits per heavy atom. The van der Waals surface area contributed by atoms with Gasteiger partial charge in [0.1, 0.15) is 11.4 Å². The van der Waals surface area contributed by atoms with Gasteiger partial charge in [0.2, 0.25) is 0 Å². The van der Waals surface area contributed by atoms with Gasteiger partial charge in [-0.1, -0.05) is 18.2 Å². The summed E-state index contributed by atoms with van der Waals surface area (Å²) < 4.78 is 5.22. The van der Waals surface area contributed by atoms with E-state index in [2.05, 4.69) is 21.5 Å². The van der Waals surface area contributed by atoms with E-state index >= 15 is 0 Å². The van der Waals surface area contributed by atoms with Crippen LogP contribution in [0, 0.1) is 0 Å². The molecule has 3 N–H and O–H groups in total. The van der Waals surface area contributed by atoms with Crippen LogP contribution in [0.2, 0.25) is 0 Å². The second kappa shape index (κ2) is 5.14. The lowest BCUT2D eigenvalue weighted by atomic mass is 10.0. The summed E-state index contributed by atoms with van der Waals surface area (Å²) in [5.74, 6) is 6.87. The Hall–Kier alpha value is -2.66. The first-order valence-electron chi connectivity index (χ1n) is 6.17. The van der Waals surface area contributed by atoms with Crippen molar-refractivity contribution in [3.8, 4) is 17.0 Å². The maximum atomic E-state index is 5.47. The highest BCUT2D eigenvalue weighted by atomic mass is 16.5. The summed E-state index contributed by atoms with van der Waals surface area (Å²) in [4.78, 5) is 8.49. The van der Waals surface area contributed by atoms with Gasteiger partial charge in [-0.2, -0.15) is 0 Å². The summed E-state index contributed by atoms with van der Waals surface area (Å²) in [6.07, 6.45) is 3.25. The molecule has 0 saturated heterocycles. The molecule has 0 fully saturated rings. The Balaban J connectivity index is 2.13. The molecular weight excluding hydrogens is 252 g/mol. The molecule has 3 aromatic rings. The highest BCUT2D eigenvalue weighted by molar-refractivity contribution is 5.89. The first-order valence-corrected chi connectivity index (χ1v) is 6.17. The lowest BCUT2D eigenvalue weighted by Gasteiger charge is -2.08. The van der Waals surface area contributed by atoms with Gasteiger partial charge in [-0.15, -0.1) is 0 Å². The van der Waals surface area contributed by atoms with E-state index in [-0.39, 0.29) is 0 Å². The van der Waals surface area contributed by atoms with Crippen LogP contribution in [-0.2, 0) is 0 Å². The first-order chi connectivity index (χ1) is 9.81. The molecule has 20 heavy (non-hydrogen) atoms. The summed E-state index contributed by atoms with van der Waals surface area (Å²) in [7, 11) is 1.66. The second-order valence-electron chi connectivity index (χ2n) is 4.33. The molecular formula is C15H14N4O. The number of benzene rings is 2. The zero-order valence-corrected chi connectivity index (χ0v) is 11.0. The Labute approximate surface area is 116 Å². The van der Waals surface area contributed by atoms with Gasteiger partial charge in [-0.3, -0.25) is 4.98 Å². The van der Waals surface area contributed by atoms with Crippen LogP contribution in [0.5, 0.6) is 5.75 Å². The topological polar surface area (TPSA) is 73.1 Å². The van der Waals surface area contributed by atoms with E-state index in [0.29, 0.717) is 5.82 Å². The van der Waals surface area contributed by atoms with Crippen molar-refractivity contribution in [3.05, 3.63) is 48.8 Å². The zero-order chi connectivity index (χ0) is 13.9. The Bertz CT molecular complexity index is 758. The number of rotatable bonds is 3. The van der Waals surface area contributed by atoms with Crippen molar-refractivity contribution in [1.29, 1.82) is 0 Å². The van der Waals surface area contributed by atoms with Gasteiger partial charge in [0, 0.05) is 18.0 Å². The van der Waals surface area contributed by atoms with Crippen molar-refractivity contribution in [1.82, 2.24) is 9.97 Å². The number of hydrogen-bond donors (Lipinski definition) is 2. The number of hydrazine groups is 1. The van der Waals surface area contributed by atoms with Crippen LogP contribution in [0.1, 0.15) is 0 Å². The number of nitrogens with one attached hydrogen (secondary N) is 1. The van der Waals surface area contributed by atoms with Crippen molar-refractivity contribution in [2.24, 2.45) is 5.84 Å². The minimum atomic E-state index is 0.556. The van der Waals surface area contributed by atoms with Gasteiger partial charge in [0.15, 0.2) is 5.82 Å². The lowest BCUT2D eigenvalue weighted by molar-refractivity contribution is 0.415. The molecule has 1 heterocycles. The number of methoxy groups -OCH3 is 1. The fraction of sp³-hybridized carbons (Fsp3) is 0.0667. The van der Waals surface area contributed by atoms with Crippen molar-refractivity contribution < 1.29 is 4.74 Å². The average molecular weight is 266 g/mol. The zero-order valence-electron chi connectivity index (χ0n) is 11.0. The lowest BCUT2D eigenvalue weighted by Crippen LogP contribution is -2.10. The maximum Gasteiger partial charge on any atom is 0.166 e. The number of hydrogen-bond acceptors (Lipinski definition) is 5. The van der Waals surface area contributed by atoms with E-state index in [1.165, 1.54) is 0 Å². The van der Waals surface area contributed by atoms with Gasteiger partial charge >= 0.3 is 0 Å². The number of nitrogens with two attached hydrogens (primary N) is 1. The number of aromatic nitrogens is 2. The molecule has 5 nitrogen and oxygen atoms in total. The quantitative estimate of drug-likeness (QED) is 0.563. The van der Waals surface area contributed by atoms with Crippen LogP contribution in [0.15, 0.2) is 48.8 Å². The summed E-state index contributed by atoms with van der Waals surface area (Å²) in [6, 6.07) is 12.0. The van der Waals surface area contributed by atoms with Crippen LogP contribution in [0.3, 0.4) is 0 Å². The maximum absolute atomic E-state index is 5.47. The molecule has 0 unspecified atom stereocenters. The summed E-state index contributed by atoms with van der Waals surface area (Å²) in [6.45, 7) is 0. The van der Waals surface area contributed by atoms with Gasteiger partial charge in [-0.05, 0) is 29.0 Å². The smallest absolute Gasteiger partial charge is 0.166 e. The third-order valence-corrected chi connectivity index (χ3v) is 3.16. The number of nitrogens with zero attached hydrogens (tertiary/aromatic N) is 2. The van der Waals surface area contributed by atoms with Crippen LogP contribution < -0.4 is 16.0 Å². The minimum absolute atomic E-state index is 0.556. The number of anilines is 1. The van der Waals surface area contributed by atoms with Crippen LogP contribution in [-0.4, -0.2) is 17.1 Å². The van der Waals surface area contributed by atoms with Crippen LogP contribution in [0.4, 0.5) is 5.82 Å². The molecule has 100 valence electrons. The van der Waals surface area contributed by atoms with Gasteiger partial charge in [0.05, 0.1) is 7.11 Å². The van der Waals surface area contributed by atoms with E-state index in [9.17, 15) is 0 Å². The second-order valence-corrected chi connectivity index (χ2v) is 4.33. The van der Waals surface area contributed by atoms with E-state index in [1.807, 2.05) is 30.3 Å². The van der Waals surface area contributed by atoms with Crippen molar-refractivity contribution in [3.63, 3.8) is 0 Å². The number of fused-ring (bicyclic) bond motifs is 1. The molecule has 1 aromatic heterocycles. The highest BCUT2D eigenvalue weighted by Crippen LogP contribution is 2.28. The van der Waals surface area contributed by atoms with E-state index in [0.717, 1.165) is 27.8 Å². The average Bonchev–Trinajstić information content (AvgIpc) is 2.53. The Morgan fingerprint density at radius 2 is 1.75 bits per heavy atom. The van der Waals surface area contributed by atoms with E-state index < -0.39 is 0 Å². The SMILES string of the molecule is COc1ccc2cc(-c3nccnc3NN)ccc2c1. The van der Waals surface area contributed by atoms with Gasteiger partial charge in [0.25, 0.3) is 0 Å². The molecule has 0 aliphatic heterocycles. The summed E-state index contributed by atoms with van der Waals surface area (Å²) >= 11 is 0. The fourth-order valence-corrected chi connectivity index (χ4v) is 2.15. The molecule has 3 rings (SSSR count). The van der Waals surface area contributed by atoms with Gasteiger partial charge < -0.3 is 10.2 Å². The van der Waals surface area contributed by atoms with E-state index in [1.54, 1.807) is 19.5 Å². The molecule has 2 aromatic carbocycles. The van der Waals surface area contributed by atoms with Crippen LogP contribution >= 0.6 is 0 Å². The Morgan fingerprint density at radius 3 is 2.55 bits per heavy atom. The predicted octanol–water partition coefficient (Wildman–Crippen LogP) is 2.59. The molecule has 0 spiro atoms. The number of ether oxygens (including phenoxy) is 1. The largest absolute Gasteiger partial charge is 0.497 e. The minimum Gasteiger partial charge on any atom is -0.497 e. The highest BCUT2D eigenvalue weighted by Gasteiger charge is 2.07. The fourth-order valence-electron chi connectivity index (χ4n) is 2.15. The van der Waals surface area contributed by atoms with Crippen molar-refractivity contribution in [2.45, 2.75) is 0 Å². The molecule has 0 aliphatic rings. The molecule has 0 aliphatic carbocycles. The van der Waals surface area contributed by atoms with E-state index in [4.69, 9.17) is 10.6 Å². The molecule has 0 amide bonds. The third-order valence-electron chi connectivity index (χ3n) is 3.16. The molecule has 0 bridgehead atoms. The van der Waals surface area contributed by atoms with Crippen molar-refractivity contribution >= 4 is 16.6 Å². The third kappa shape index (κ3) is 2.15. The van der Waals surface area contributed by atoms with Gasteiger partial charge in [-0.25, -0.2) is 10.8 Å². The molecule has 0 saturated carbocycles. The monoisotopic (exact) mass is 266 g/mol. The summed E-state index contributed by atoms with van der Waals surface area (Å²) in [5, 5.41) is 2.22. The Kier molecular flexibility index (Phi) is 3.18. The molecule has 0 radical (unpaired) electrons. The standard InChI is InChI=1S/C15H14N4O/c1-20-13-5-4-10-8-12(3-2-11(10)9-13)14-15(19-16)18-7-6-17-14/h2-9H,16H2,1H3,(H,18,19). The predicted molar refractivity (Wildman–Crippen MR) is 79.3 cm³/mol. The van der Waals surface area contributed by atoms with Crippen molar-refractivity contribution in [2.75, 3.05) is 12.5 Å². The summed E-state index contributed by atoms with van der Waals surface area (Å²) in [5.41, 5.74) is 4.26.